The molecular formula is Na3O6S3+. The van der Waals surface area contributed by atoms with Crippen LogP contribution < -0.4 is 88.7 Å². The van der Waals surface area contributed by atoms with Crippen LogP contribution in [0.4, 0.5) is 0 Å². The van der Waals surface area contributed by atoms with Gasteiger partial charge < -0.3 is 9.11 Å². The zero-order valence-electron chi connectivity index (χ0n) is 6.67. The summed E-state index contributed by atoms with van der Waals surface area (Å²) in [5.41, 5.74) is 0. The largest absolute Gasteiger partial charge is 1.00 e. The summed E-state index contributed by atoms with van der Waals surface area (Å²) in [7, 11) is -11.2. The third-order valence-electron chi connectivity index (χ3n) is 0.167. The molecule has 0 fully saturated rings. The van der Waals surface area contributed by atoms with Crippen LogP contribution in [0.3, 0.4) is 0 Å². The van der Waals surface area contributed by atoms with E-state index in [2.05, 4.69) is 0 Å². The Morgan fingerprint density at radius 1 is 0.750 bits per heavy atom. The Morgan fingerprint density at radius 2 is 0.917 bits per heavy atom. The zero-order chi connectivity index (χ0) is 7.71. The quantitative estimate of drug-likeness (QED) is 0.275. The SMILES string of the molecule is O=S(=O)([O-])SS(=O)(=O)[O-].[Na+].[Na+].[Na+]. The molecule has 56 valence electrons. The first-order chi connectivity index (χ1) is 3.71. The molecule has 0 unspecified atom stereocenters. The average Bonchev–Trinajstić information content (AvgIpc) is 1.14. The molecule has 0 radical (unpaired) electrons. The maximum Gasteiger partial charge on any atom is 1.00 e. The molecule has 0 aliphatic carbocycles. The molecule has 0 aliphatic heterocycles. The van der Waals surface area contributed by atoms with Crippen LogP contribution in [0.1, 0.15) is 0 Å². The fourth-order valence-electron chi connectivity index (χ4n) is 0.102. The van der Waals surface area contributed by atoms with Gasteiger partial charge in [-0.2, -0.15) is 0 Å². The fraction of sp³-hybridized carbons (Fsp3) is 0. The van der Waals surface area contributed by atoms with Gasteiger partial charge in [-0.15, -0.1) is 0 Å². The molecule has 0 aromatic rings. The summed E-state index contributed by atoms with van der Waals surface area (Å²) in [6.45, 7) is 0. The monoisotopic (exact) mass is 261 g/mol. The van der Waals surface area contributed by atoms with Gasteiger partial charge in [0.15, 0.2) is 18.3 Å². The second kappa shape index (κ2) is 9.40. The molecule has 0 aromatic carbocycles. The van der Waals surface area contributed by atoms with E-state index in [9.17, 15) is 25.9 Å². The van der Waals surface area contributed by atoms with Crippen molar-refractivity contribution in [1.29, 1.82) is 0 Å². The van der Waals surface area contributed by atoms with Crippen molar-refractivity contribution >= 4 is 28.1 Å². The van der Waals surface area contributed by atoms with Gasteiger partial charge in [0.2, 0.25) is 0 Å². The molecule has 12 heavy (non-hydrogen) atoms. The molecule has 0 bridgehead atoms. The summed E-state index contributed by atoms with van der Waals surface area (Å²) >= 11 is 0. The first-order valence-corrected chi connectivity index (χ1v) is 6.00. The Labute approximate surface area is 140 Å². The minimum absolute atomic E-state index is 0. The maximum absolute atomic E-state index is 9.48. The average molecular weight is 261 g/mol. The fourth-order valence-corrected chi connectivity index (χ4v) is 2.76. The van der Waals surface area contributed by atoms with Crippen molar-refractivity contribution in [2.45, 2.75) is 0 Å². The Morgan fingerprint density at radius 3 is 0.917 bits per heavy atom. The normalized spacial score (nSPS) is 10.2. The van der Waals surface area contributed by atoms with E-state index in [0.29, 0.717) is 0 Å². The Bertz CT molecular complexity index is 243. The van der Waals surface area contributed by atoms with Crippen LogP contribution in [0, 0.1) is 0 Å². The molecule has 0 amide bonds. The van der Waals surface area contributed by atoms with Gasteiger partial charge in [-0.3, -0.25) is 0 Å². The Hall–Kier alpha value is 3.17. The zero-order valence-corrected chi connectivity index (χ0v) is 15.1. The van der Waals surface area contributed by atoms with Gasteiger partial charge in [-0.1, -0.05) is 0 Å². The number of hydrogen-bond donors (Lipinski definition) is 0. The molecule has 0 aliphatic rings. The van der Waals surface area contributed by atoms with Crippen LogP contribution in [-0.4, -0.2) is 25.9 Å². The predicted octanol–water partition coefficient (Wildman–Crippen LogP) is -10.3. The number of rotatable bonds is 2. The molecule has 0 saturated carbocycles. The third kappa shape index (κ3) is 23.2. The standard InChI is InChI=1S/3Na.H2O6S3/c;;;1-8(2,3)7-9(4,5)6/h;;;(H,1,2,3)(H,4,5,6)/q3*+1;/p-2. The summed E-state index contributed by atoms with van der Waals surface area (Å²) < 4.78 is 56.9. The topological polar surface area (TPSA) is 114 Å². The van der Waals surface area contributed by atoms with Crippen molar-refractivity contribution in [3.8, 4) is 0 Å². The minimum Gasteiger partial charge on any atom is -0.739 e. The Kier molecular flexibility index (Phi) is 19.1. The van der Waals surface area contributed by atoms with Gasteiger partial charge in [-0.05, 0) is 0 Å². The van der Waals surface area contributed by atoms with Crippen LogP contribution in [0.25, 0.3) is 0 Å². The molecule has 0 rings (SSSR count). The Balaban J connectivity index is -0.000000107. The van der Waals surface area contributed by atoms with Gasteiger partial charge in [0.1, 0.15) is 0 Å². The van der Waals surface area contributed by atoms with Gasteiger partial charge in [0.05, 0.1) is 9.83 Å². The second-order valence-corrected chi connectivity index (χ2v) is 6.74. The summed E-state index contributed by atoms with van der Waals surface area (Å²) in [5, 5.41) is 0. The van der Waals surface area contributed by atoms with Crippen molar-refractivity contribution in [3.63, 3.8) is 0 Å². The molecule has 0 aromatic heterocycles. The molecular weight excluding hydrogens is 261 g/mol. The second-order valence-electron chi connectivity index (χ2n) is 0.885. The van der Waals surface area contributed by atoms with Crippen LogP contribution in [0.15, 0.2) is 0 Å². The molecule has 0 heterocycles. The number of hydrogen-bond acceptors (Lipinski definition) is 7. The summed E-state index contributed by atoms with van der Waals surface area (Å²) in [4.78, 5) is 0. The summed E-state index contributed by atoms with van der Waals surface area (Å²) in [6.07, 6.45) is 0. The molecule has 6 nitrogen and oxygen atoms in total. The molecule has 0 atom stereocenters. The first-order valence-electron chi connectivity index (χ1n) is 1.33. The molecule has 0 spiro atoms. The van der Waals surface area contributed by atoms with E-state index in [-0.39, 0.29) is 88.7 Å². The van der Waals surface area contributed by atoms with Crippen molar-refractivity contribution in [2.24, 2.45) is 0 Å². The third-order valence-corrected chi connectivity index (χ3v) is 4.50. The van der Waals surface area contributed by atoms with E-state index in [1.54, 1.807) is 0 Å². The minimum atomic E-state index is -5.02. The van der Waals surface area contributed by atoms with Gasteiger partial charge >= 0.3 is 88.7 Å². The predicted molar refractivity (Wildman–Crippen MR) is 27.0 cm³/mol. The van der Waals surface area contributed by atoms with Crippen molar-refractivity contribution in [2.75, 3.05) is 0 Å². The van der Waals surface area contributed by atoms with Gasteiger partial charge in [0.25, 0.3) is 0 Å². The summed E-state index contributed by atoms with van der Waals surface area (Å²) in [6, 6.07) is 0. The molecule has 0 N–H and O–H groups in total. The van der Waals surface area contributed by atoms with E-state index in [1.165, 1.54) is 0 Å². The first kappa shape index (κ1) is 24.4. The summed E-state index contributed by atoms with van der Waals surface area (Å²) in [5.74, 6) is 0. The molecule has 12 heteroatoms. The van der Waals surface area contributed by atoms with Crippen LogP contribution in [0.5, 0.6) is 0 Å². The van der Waals surface area contributed by atoms with E-state index < -0.39 is 28.1 Å². The van der Waals surface area contributed by atoms with E-state index in [1.807, 2.05) is 0 Å². The van der Waals surface area contributed by atoms with Crippen molar-refractivity contribution < 1.29 is 115 Å². The van der Waals surface area contributed by atoms with E-state index in [0.717, 1.165) is 0 Å². The van der Waals surface area contributed by atoms with Crippen LogP contribution >= 0.6 is 9.83 Å². The smallest absolute Gasteiger partial charge is 0.739 e. The maximum atomic E-state index is 9.48. The van der Waals surface area contributed by atoms with Crippen molar-refractivity contribution in [1.82, 2.24) is 0 Å². The van der Waals surface area contributed by atoms with Crippen molar-refractivity contribution in [3.05, 3.63) is 0 Å². The van der Waals surface area contributed by atoms with Gasteiger partial charge in [0, 0.05) is 0 Å². The van der Waals surface area contributed by atoms with Crippen LogP contribution in [-0.2, 0) is 18.3 Å². The molecule has 0 saturated heterocycles. The van der Waals surface area contributed by atoms with Gasteiger partial charge in [-0.25, -0.2) is 16.8 Å². The van der Waals surface area contributed by atoms with Crippen LogP contribution in [0.2, 0.25) is 0 Å². The van der Waals surface area contributed by atoms with E-state index in [4.69, 9.17) is 0 Å². The van der Waals surface area contributed by atoms with E-state index >= 15 is 0 Å².